The number of fused-ring (bicyclic) bond motifs is 1. The largest absolute Gasteiger partial charge is 0.465 e. The highest BCUT2D eigenvalue weighted by Gasteiger charge is 2.46. The number of likely N-dealkylation sites (tertiary alicyclic amines) is 1. The Morgan fingerprint density at radius 3 is 2.71 bits per heavy atom. The van der Waals surface area contributed by atoms with Crippen molar-refractivity contribution in [1.29, 1.82) is 0 Å². The van der Waals surface area contributed by atoms with E-state index in [-0.39, 0.29) is 11.8 Å². The van der Waals surface area contributed by atoms with Gasteiger partial charge in [0.25, 0.3) is 5.91 Å². The van der Waals surface area contributed by atoms with Crippen molar-refractivity contribution >= 4 is 11.8 Å². The highest BCUT2D eigenvalue weighted by atomic mass is 16.5. The van der Waals surface area contributed by atoms with Crippen LogP contribution < -0.4 is 10.1 Å². The fourth-order valence-corrected chi connectivity index (χ4v) is 3.32. The van der Waals surface area contributed by atoms with Gasteiger partial charge >= 0.3 is 0 Å². The molecular weight excluding hydrogens is 304 g/mol. The van der Waals surface area contributed by atoms with Crippen molar-refractivity contribution in [1.82, 2.24) is 10.2 Å². The normalized spacial score (nSPS) is 22.0. The first-order valence-electron chi connectivity index (χ1n) is 8.07. The molecule has 1 saturated heterocycles. The quantitative estimate of drug-likeness (QED) is 0.920. The second-order valence-corrected chi connectivity index (χ2v) is 6.27. The number of nitrogens with one attached hydrogen (secondary N) is 1. The molecule has 2 aromatic rings. The molecule has 0 radical (unpaired) electrons. The summed E-state index contributed by atoms with van der Waals surface area (Å²) in [5.41, 5.74) is 0.720. The summed E-state index contributed by atoms with van der Waals surface area (Å²) in [6.07, 6.45) is 0.953. The molecule has 0 saturated carbocycles. The van der Waals surface area contributed by atoms with E-state index in [0.717, 1.165) is 5.56 Å². The Labute approximate surface area is 140 Å². The van der Waals surface area contributed by atoms with Gasteiger partial charge in [0.15, 0.2) is 0 Å². The minimum Gasteiger partial charge on any atom is -0.465 e. The van der Waals surface area contributed by atoms with Gasteiger partial charge in [-0.25, -0.2) is 0 Å². The molecule has 2 aliphatic rings. The van der Waals surface area contributed by atoms with E-state index in [1.807, 2.05) is 42.5 Å². The Balaban J connectivity index is 1.49. The third-order valence-corrected chi connectivity index (χ3v) is 4.56. The van der Waals surface area contributed by atoms with Gasteiger partial charge in [0.1, 0.15) is 5.75 Å². The van der Waals surface area contributed by atoms with E-state index in [9.17, 15) is 9.59 Å². The van der Waals surface area contributed by atoms with Crippen LogP contribution >= 0.6 is 0 Å². The molecule has 4 rings (SSSR count). The van der Waals surface area contributed by atoms with E-state index < -0.39 is 5.72 Å². The van der Waals surface area contributed by atoms with Crippen LogP contribution in [0.25, 0.3) is 0 Å². The number of carbonyl (C=O) groups is 2. The van der Waals surface area contributed by atoms with E-state index in [1.54, 1.807) is 17.0 Å². The Bertz CT molecular complexity index is 790. The average molecular weight is 322 g/mol. The third kappa shape index (κ3) is 2.62. The van der Waals surface area contributed by atoms with Crippen LogP contribution in [-0.4, -0.2) is 35.5 Å². The number of para-hydroxylation sites is 1. The molecule has 1 unspecified atom stereocenters. The minimum atomic E-state index is -0.808. The number of rotatable bonds is 2. The molecule has 1 atom stereocenters. The maximum Gasteiger partial charge on any atom is 0.258 e. The van der Waals surface area contributed by atoms with Crippen LogP contribution in [0.15, 0.2) is 54.6 Å². The Morgan fingerprint density at radius 2 is 1.88 bits per heavy atom. The Morgan fingerprint density at radius 1 is 1.12 bits per heavy atom. The molecule has 24 heavy (non-hydrogen) atoms. The number of ether oxygens (including phenoxy) is 1. The summed E-state index contributed by atoms with van der Waals surface area (Å²) in [7, 11) is 0. The Hall–Kier alpha value is -2.82. The zero-order valence-electron chi connectivity index (χ0n) is 13.2. The molecule has 0 aliphatic carbocycles. The van der Waals surface area contributed by atoms with Gasteiger partial charge in [0, 0.05) is 13.0 Å². The molecule has 2 aliphatic heterocycles. The van der Waals surface area contributed by atoms with Gasteiger partial charge in [-0.1, -0.05) is 42.5 Å². The molecule has 1 N–H and O–H groups in total. The topological polar surface area (TPSA) is 58.6 Å². The smallest absolute Gasteiger partial charge is 0.258 e. The van der Waals surface area contributed by atoms with Crippen molar-refractivity contribution in [2.75, 3.05) is 13.1 Å². The zero-order chi connectivity index (χ0) is 16.6. The predicted molar refractivity (Wildman–Crippen MR) is 88.6 cm³/mol. The lowest BCUT2D eigenvalue weighted by molar-refractivity contribution is -0.130. The summed E-state index contributed by atoms with van der Waals surface area (Å²) >= 11 is 0. The SMILES string of the molecule is O=C1NC2(CCN(C(=O)Cc3ccccc3)C2)Oc2ccccc21. The summed E-state index contributed by atoms with van der Waals surface area (Å²) in [6, 6.07) is 16.9. The monoisotopic (exact) mass is 322 g/mol. The number of hydrogen-bond donors (Lipinski definition) is 1. The van der Waals surface area contributed by atoms with Gasteiger partial charge in [-0.15, -0.1) is 0 Å². The second-order valence-electron chi connectivity index (χ2n) is 6.27. The van der Waals surface area contributed by atoms with Crippen molar-refractivity contribution in [3.8, 4) is 5.75 Å². The van der Waals surface area contributed by atoms with Crippen molar-refractivity contribution < 1.29 is 14.3 Å². The van der Waals surface area contributed by atoms with Crippen LogP contribution in [0, 0.1) is 0 Å². The standard InChI is InChI=1S/C19H18N2O3/c22-17(12-14-6-2-1-3-7-14)21-11-10-19(13-21)20-18(23)15-8-4-5-9-16(15)24-19/h1-9H,10-13H2,(H,20,23). The molecule has 0 aromatic heterocycles. The number of hydrogen-bond acceptors (Lipinski definition) is 3. The lowest BCUT2D eigenvalue weighted by Crippen LogP contribution is -2.57. The maximum absolute atomic E-state index is 12.5. The van der Waals surface area contributed by atoms with Crippen LogP contribution in [-0.2, 0) is 11.2 Å². The maximum atomic E-state index is 12.5. The van der Waals surface area contributed by atoms with Gasteiger partial charge in [0.05, 0.1) is 18.5 Å². The molecule has 5 heteroatoms. The first-order chi connectivity index (χ1) is 11.7. The summed E-state index contributed by atoms with van der Waals surface area (Å²) in [5.74, 6) is 0.489. The van der Waals surface area contributed by atoms with E-state index >= 15 is 0 Å². The molecule has 5 nitrogen and oxygen atoms in total. The molecule has 2 amide bonds. The number of nitrogens with zero attached hydrogens (tertiary/aromatic N) is 1. The van der Waals surface area contributed by atoms with Crippen LogP contribution in [0.5, 0.6) is 5.75 Å². The summed E-state index contributed by atoms with van der Waals surface area (Å²) < 4.78 is 6.06. The van der Waals surface area contributed by atoms with Gasteiger partial charge in [-0.2, -0.15) is 0 Å². The van der Waals surface area contributed by atoms with Crippen LogP contribution in [0.3, 0.4) is 0 Å². The lowest BCUT2D eigenvalue weighted by Gasteiger charge is -2.35. The molecule has 1 spiro atoms. The van der Waals surface area contributed by atoms with E-state index in [0.29, 0.717) is 37.2 Å². The van der Waals surface area contributed by atoms with E-state index in [2.05, 4.69) is 5.32 Å². The first kappa shape index (κ1) is 14.8. The minimum absolute atomic E-state index is 0.0507. The van der Waals surface area contributed by atoms with Gasteiger partial charge in [-0.3, -0.25) is 9.59 Å². The number of amides is 2. The molecule has 2 heterocycles. The van der Waals surface area contributed by atoms with Crippen LogP contribution in [0.2, 0.25) is 0 Å². The van der Waals surface area contributed by atoms with Crippen LogP contribution in [0.1, 0.15) is 22.3 Å². The van der Waals surface area contributed by atoms with Gasteiger partial charge in [0.2, 0.25) is 11.6 Å². The average Bonchev–Trinajstić information content (AvgIpc) is 2.99. The van der Waals surface area contributed by atoms with Crippen molar-refractivity contribution in [2.24, 2.45) is 0 Å². The van der Waals surface area contributed by atoms with Gasteiger partial charge in [-0.05, 0) is 17.7 Å². The lowest BCUT2D eigenvalue weighted by atomic mass is 10.1. The fraction of sp³-hybridized carbons (Fsp3) is 0.263. The molecular formula is C19H18N2O3. The molecule has 2 aromatic carbocycles. The molecule has 0 bridgehead atoms. The van der Waals surface area contributed by atoms with Crippen molar-refractivity contribution in [3.05, 3.63) is 65.7 Å². The number of benzene rings is 2. The summed E-state index contributed by atoms with van der Waals surface area (Å²) in [5, 5.41) is 2.94. The molecule has 122 valence electrons. The third-order valence-electron chi connectivity index (χ3n) is 4.56. The van der Waals surface area contributed by atoms with E-state index in [1.165, 1.54) is 0 Å². The summed E-state index contributed by atoms with van der Waals surface area (Å²) in [6.45, 7) is 0.951. The highest BCUT2D eigenvalue weighted by Crippen LogP contribution is 2.32. The predicted octanol–water partition coefficient (Wildman–Crippen LogP) is 1.98. The van der Waals surface area contributed by atoms with E-state index in [4.69, 9.17) is 4.74 Å². The zero-order valence-corrected chi connectivity index (χ0v) is 13.2. The number of carbonyl (C=O) groups excluding carboxylic acids is 2. The first-order valence-corrected chi connectivity index (χ1v) is 8.07. The van der Waals surface area contributed by atoms with Crippen molar-refractivity contribution in [3.63, 3.8) is 0 Å². The van der Waals surface area contributed by atoms with Crippen molar-refractivity contribution in [2.45, 2.75) is 18.6 Å². The Kier molecular flexibility index (Phi) is 3.49. The summed E-state index contributed by atoms with van der Waals surface area (Å²) in [4.78, 5) is 26.6. The highest BCUT2D eigenvalue weighted by molar-refractivity contribution is 5.98. The second kappa shape index (κ2) is 5.67. The van der Waals surface area contributed by atoms with Crippen LogP contribution in [0.4, 0.5) is 0 Å². The molecule has 1 fully saturated rings. The van der Waals surface area contributed by atoms with Gasteiger partial charge < -0.3 is 15.0 Å². The fourth-order valence-electron chi connectivity index (χ4n) is 3.32.